The number of nitro groups is 1. The zero-order valence-corrected chi connectivity index (χ0v) is 7.31. The van der Waals surface area contributed by atoms with E-state index in [0.717, 1.165) is 6.20 Å². The number of nitriles is 1. The standard InChI is InChI=1S/C9H5N3O2/c1-7-5-8(3-2-4-10)11-6-9(7)12(13)14/h5-6H,1H3. The van der Waals surface area contributed by atoms with Gasteiger partial charge >= 0.3 is 0 Å². The first-order valence-corrected chi connectivity index (χ1v) is 3.66. The van der Waals surface area contributed by atoms with Crippen molar-refractivity contribution in [3.05, 3.63) is 33.6 Å². The molecule has 0 aromatic carbocycles. The number of hydrogen-bond acceptors (Lipinski definition) is 4. The van der Waals surface area contributed by atoms with Crippen LogP contribution in [0.1, 0.15) is 11.3 Å². The van der Waals surface area contributed by atoms with Gasteiger partial charge in [0.2, 0.25) is 0 Å². The fourth-order valence-electron chi connectivity index (χ4n) is 0.900. The van der Waals surface area contributed by atoms with Crippen LogP contribution in [0.15, 0.2) is 12.3 Å². The average molecular weight is 187 g/mol. The molecule has 0 N–H and O–H groups in total. The van der Waals surface area contributed by atoms with E-state index in [4.69, 9.17) is 5.26 Å². The van der Waals surface area contributed by atoms with Crippen LogP contribution in [0.3, 0.4) is 0 Å². The summed E-state index contributed by atoms with van der Waals surface area (Å²) in [6.45, 7) is 1.59. The molecule has 0 bridgehead atoms. The fraction of sp³-hybridized carbons (Fsp3) is 0.111. The summed E-state index contributed by atoms with van der Waals surface area (Å²) < 4.78 is 0. The van der Waals surface area contributed by atoms with Gasteiger partial charge in [0.1, 0.15) is 11.9 Å². The summed E-state index contributed by atoms with van der Waals surface area (Å²) >= 11 is 0. The van der Waals surface area contributed by atoms with E-state index in [1.807, 2.05) is 0 Å². The van der Waals surface area contributed by atoms with Crippen LogP contribution >= 0.6 is 0 Å². The molecule has 1 aromatic rings. The summed E-state index contributed by atoms with van der Waals surface area (Å²) in [4.78, 5) is 13.6. The second-order valence-electron chi connectivity index (χ2n) is 2.47. The van der Waals surface area contributed by atoms with Crippen LogP contribution < -0.4 is 0 Å². The molecule has 1 aromatic heterocycles. The van der Waals surface area contributed by atoms with E-state index >= 15 is 0 Å². The van der Waals surface area contributed by atoms with Gasteiger partial charge in [-0.2, -0.15) is 5.26 Å². The van der Waals surface area contributed by atoms with Crippen molar-refractivity contribution in [1.29, 1.82) is 5.26 Å². The van der Waals surface area contributed by atoms with Crippen LogP contribution in [0.5, 0.6) is 0 Å². The minimum atomic E-state index is -0.510. The third-order valence-electron chi connectivity index (χ3n) is 1.53. The number of pyridine rings is 1. The smallest absolute Gasteiger partial charge is 0.258 e. The fourth-order valence-corrected chi connectivity index (χ4v) is 0.900. The van der Waals surface area contributed by atoms with E-state index in [0.29, 0.717) is 11.3 Å². The van der Waals surface area contributed by atoms with Crippen molar-refractivity contribution in [2.24, 2.45) is 0 Å². The lowest BCUT2D eigenvalue weighted by atomic mass is 10.2. The van der Waals surface area contributed by atoms with Crippen LogP contribution in [-0.2, 0) is 0 Å². The third-order valence-corrected chi connectivity index (χ3v) is 1.53. The van der Waals surface area contributed by atoms with E-state index in [2.05, 4.69) is 16.8 Å². The minimum absolute atomic E-state index is 0.0486. The Balaban J connectivity index is 3.14. The molecule has 0 saturated carbocycles. The van der Waals surface area contributed by atoms with Crippen molar-refractivity contribution < 1.29 is 4.92 Å². The van der Waals surface area contributed by atoms with Crippen molar-refractivity contribution >= 4 is 5.69 Å². The molecule has 0 spiro atoms. The van der Waals surface area contributed by atoms with E-state index in [-0.39, 0.29) is 5.69 Å². The van der Waals surface area contributed by atoms with Gasteiger partial charge < -0.3 is 0 Å². The van der Waals surface area contributed by atoms with E-state index < -0.39 is 4.92 Å². The van der Waals surface area contributed by atoms with Gasteiger partial charge in [0, 0.05) is 11.5 Å². The molecule has 0 aliphatic carbocycles. The van der Waals surface area contributed by atoms with Crippen LogP contribution in [-0.4, -0.2) is 9.91 Å². The van der Waals surface area contributed by atoms with Gasteiger partial charge in [-0.3, -0.25) is 10.1 Å². The van der Waals surface area contributed by atoms with Gasteiger partial charge in [0.25, 0.3) is 5.69 Å². The Hall–Kier alpha value is -2.40. The zero-order chi connectivity index (χ0) is 10.6. The Bertz CT molecular complexity index is 477. The summed E-state index contributed by atoms with van der Waals surface area (Å²) in [6.07, 6.45) is 1.14. The third kappa shape index (κ3) is 2.05. The highest BCUT2D eigenvalue weighted by molar-refractivity contribution is 5.43. The van der Waals surface area contributed by atoms with Crippen LogP contribution in [0.25, 0.3) is 0 Å². The quantitative estimate of drug-likeness (QED) is 0.375. The van der Waals surface area contributed by atoms with Crippen LogP contribution in [0.4, 0.5) is 5.69 Å². The molecule has 0 unspecified atom stereocenters. The van der Waals surface area contributed by atoms with Crippen LogP contribution in [0, 0.1) is 40.2 Å². The van der Waals surface area contributed by atoms with Crippen molar-refractivity contribution in [3.63, 3.8) is 0 Å². The molecule has 14 heavy (non-hydrogen) atoms. The van der Waals surface area contributed by atoms with Crippen LogP contribution in [0.2, 0.25) is 0 Å². The van der Waals surface area contributed by atoms with Crippen molar-refractivity contribution in [2.45, 2.75) is 6.92 Å². The van der Waals surface area contributed by atoms with Gasteiger partial charge in [0.15, 0.2) is 6.07 Å². The van der Waals surface area contributed by atoms with Crippen molar-refractivity contribution in [2.75, 3.05) is 0 Å². The van der Waals surface area contributed by atoms with Gasteiger partial charge in [-0.1, -0.05) is 0 Å². The van der Waals surface area contributed by atoms with E-state index in [1.54, 1.807) is 13.0 Å². The Labute approximate surface area is 80.2 Å². The molecule has 1 heterocycles. The summed E-state index contributed by atoms with van der Waals surface area (Å²) in [7, 11) is 0. The molecule has 68 valence electrons. The van der Waals surface area contributed by atoms with Gasteiger partial charge in [-0.25, -0.2) is 4.98 Å². The number of nitrogens with zero attached hydrogens (tertiary/aromatic N) is 3. The molecule has 5 nitrogen and oxygen atoms in total. The minimum Gasteiger partial charge on any atom is -0.258 e. The first kappa shape index (κ1) is 9.69. The molecular formula is C9H5N3O2. The monoisotopic (exact) mass is 187 g/mol. The Kier molecular flexibility index (Phi) is 2.78. The molecule has 0 atom stereocenters. The lowest BCUT2D eigenvalue weighted by molar-refractivity contribution is -0.385. The Morgan fingerprint density at radius 1 is 1.64 bits per heavy atom. The maximum Gasteiger partial charge on any atom is 0.290 e. The first-order chi connectivity index (χ1) is 6.65. The largest absolute Gasteiger partial charge is 0.290 e. The number of aryl methyl sites for hydroxylation is 1. The average Bonchev–Trinajstić information content (AvgIpc) is 2.14. The molecule has 0 saturated heterocycles. The highest BCUT2D eigenvalue weighted by Crippen LogP contribution is 2.15. The maximum atomic E-state index is 10.4. The zero-order valence-electron chi connectivity index (χ0n) is 7.31. The van der Waals surface area contributed by atoms with Gasteiger partial charge in [-0.15, -0.1) is 0 Å². The maximum absolute atomic E-state index is 10.4. The number of aromatic nitrogens is 1. The molecule has 0 radical (unpaired) electrons. The molecule has 5 heteroatoms. The molecule has 0 aliphatic heterocycles. The van der Waals surface area contributed by atoms with Crippen molar-refractivity contribution in [1.82, 2.24) is 4.98 Å². The summed E-state index contributed by atoms with van der Waals surface area (Å²) in [6, 6.07) is 3.11. The molecule has 0 fully saturated rings. The van der Waals surface area contributed by atoms with E-state index in [1.165, 1.54) is 6.07 Å². The Morgan fingerprint density at radius 3 is 2.86 bits per heavy atom. The topological polar surface area (TPSA) is 79.8 Å². The first-order valence-electron chi connectivity index (χ1n) is 3.66. The molecule has 0 aliphatic rings. The predicted molar refractivity (Wildman–Crippen MR) is 48.1 cm³/mol. The summed E-state index contributed by atoms with van der Waals surface area (Å²) in [5, 5.41) is 18.6. The normalized spacial score (nSPS) is 8.29. The lowest BCUT2D eigenvalue weighted by Crippen LogP contribution is -1.94. The SMILES string of the molecule is Cc1cc(C#CC#N)ncc1[N+](=O)[O-]. The van der Waals surface area contributed by atoms with E-state index in [9.17, 15) is 10.1 Å². The second kappa shape index (κ2) is 4.01. The molecular weight excluding hydrogens is 182 g/mol. The lowest BCUT2D eigenvalue weighted by Gasteiger charge is -1.95. The molecule has 0 amide bonds. The Morgan fingerprint density at radius 2 is 2.36 bits per heavy atom. The van der Waals surface area contributed by atoms with Gasteiger partial charge in [0.05, 0.1) is 4.92 Å². The predicted octanol–water partition coefficient (Wildman–Crippen LogP) is 1.17. The number of rotatable bonds is 1. The second-order valence-corrected chi connectivity index (χ2v) is 2.47. The number of hydrogen-bond donors (Lipinski definition) is 0. The summed E-state index contributed by atoms with van der Waals surface area (Å²) in [5.74, 6) is 4.62. The highest BCUT2D eigenvalue weighted by Gasteiger charge is 2.10. The van der Waals surface area contributed by atoms with Gasteiger partial charge in [-0.05, 0) is 18.9 Å². The highest BCUT2D eigenvalue weighted by atomic mass is 16.6. The van der Waals surface area contributed by atoms with Crippen molar-refractivity contribution in [3.8, 4) is 17.9 Å². The molecule has 1 rings (SSSR count). The summed E-state index contributed by atoms with van der Waals surface area (Å²) in [5.41, 5.74) is 0.786.